The van der Waals surface area contributed by atoms with Gasteiger partial charge in [0.1, 0.15) is 5.82 Å². The van der Waals surface area contributed by atoms with Crippen molar-refractivity contribution in [3.63, 3.8) is 0 Å². The summed E-state index contributed by atoms with van der Waals surface area (Å²) in [6.45, 7) is 1.70. The smallest absolute Gasteiger partial charge is 0.211 e. The van der Waals surface area contributed by atoms with Crippen LogP contribution in [0.3, 0.4) is 0 Å². The zero-order valence-electron chi connectivity index (χ0n) is 10.6. The fourth-order valence-electron chi connectivity index (χ4n) is 1.45. The van der Waals surface area contributed by atoms with Crippen molar-refractivity contribution < 1.29 is 17.9 Å². The number of unbranched alkanes of at least 4 members (excludes halogenated alkanes) is 1. The first-order chi connectivity index (χ1) is 8.85. The molecule has 0 heterocycles. The predicted molar refractivity (Wildman–Crippen MR) is 73.1 cm³/mol. The number of nitrogens with one attached hydrogen (secondary N) is 1. The van der Waals surface area contributed by atoms with E-state index >= 15 is 0 Å². The summed E-state index contributed by atoms with van der Waals surface area (Å²) in [5, 5.41) is 9.75. The minimum atomic E-state index is -3.39. The number of benzene rings is 1. The third kappa shape index (κ3) is 5.44. The van der Waals surface area contributed by atoms with Crippen LogP contribution < -0.4 is 4.72 Å². The number of halogens is 2. The number of hydrogen-bond acceptors (Lipinski definition) is 3. The van der Waals surface area contributed by atoms with E-state index in [9.17, 15) is 17.9 Å². The minimum Gasteiger partial charge on any atom is -0.387 e. The van der Waals surface area contributed by atoms with Crippen LogP contribution in [-0.2, 0) is 10.0 Å². The van der Waals surface area contributed by atoms with Crippen molar-refractivity contribution in [1.82, 2.24) is 4.72 Å². The van der Waals surface area contributed by atoms with Crippen LogP contribution in [0.1, 0.15) is 31.4 Å². The molecule has 0 saturated carbocycles. The summed E-state index contributed by atoms with van der Waals surface area (Å²) in [5.74, 6) is -0.627. The van der Waals surface area contributed by atoms with Crippen molar-refractivity contribution in [3.05, 3.63) is 34.6 Å². The molecule has 0 aliphatic heterocycles. The number of sulfonamides is 1. The summed E-state index contributed by atoms with van der Waals surface area (Å²) in [4.78, 5) is 0. The van der Waals surface area contributed by atoms with E-state index in [2.05, 4.69) is 4.72 Å². The maximum atomic E-state index is 13.2. The first kappa shape index (κ1) is 16.4. The lowest BCUT2D eigenvalue weighted by molar-refractivity contribution is 0.181. The van der Waals surface area contributed by atoms with Gasteiger partial charge < -0.3 is 5.11 Å². The summed E-state index contributed by atoms with van der Waals surface area (Å²) in [6.07, 6.45) is 0.218. The Morgan fingerprint density at radius 1 is 1.47 bits per heavy atom. The second kappa shape index (κ2) is 7.19. The maximum absolute atomic E-state index is 13.2. The molecule has 1 rings (SSSR count). The van der Waals surface area contributed by atoms with Crippen LogP contribution in [0.4, 0.5) is 4.39 Å². The Kier molecular flexibility index (Phi) is 6.19. The Morgan fingerprint density at radius 2 is 2.16 bits per heavy atom. The Balaban J connectivity index is 2.60. The zero-order valence-corrected chi connectivity index (χ0v) is 12.1. The summed E-state index contributed by atoms with van der Waals surface area (Å²) in [7, 11) is -3.39. The molecule has 19 heavy (non-hydrogen) atoms. The molecule has 1 atom stereocenters. The topological polar surface area (TPSA) is 66.4 Å². The summed E-state index contributed by atoms with van der Waals surface area (Å²) in [6, 6.07) is 3.87. The van der Waals surface area contributed by atoms with Gasteiger partial charge in [0.2, 0.25) is 10.0 Å². The fourth-order valence-corrected chi connectivity index (χ4v) is 2.79. The minimum absolute atomic E-state index is 0.0190. The normalized spacial score (nSPS) is 13.5. The summed E-state index contributed by atoms with van der Waals surface area (Å²) >= 11 is 5.52. The first-order valence-electron chi connectivity index (χ1n) is 5.96. The lowest BCUT2D eigenvalue weighted by atomic mass is 10.1. The van der Waals surface area contributed by atoms with E-state index in [1.807, 2.05) is 6.92 Å². The molecule has 7 heteroatoms. The van der Waals surface area contributed by atoms with Crippen LogP contribution in [0.2, 0.25) is 5.02 Å². The van der Waals surface area contributed by atoms with Gasteiger partial charge in [-0.3, -0.25) is 0 Å². The molecule has 0 amide bonds. The molecule has 1 unspecified atom stereocenters. The average Bonchev–Trinajstić information content (AvgIpc) is 2.37. The monoisotopic (exact) mass is 309 g/mol. The lowest BCUT2D eigenvalue weighted by Crippen LogP contribution is -2.30. The standard InChI is InChI=1S/C12H17ClFNO3S/c1-2-3-6-19(17,18)15-8-12(16)9-4-5-10(13)11(14)7-9/h4-5,7,12,15-16H,2-3,6,8H2,1H3. The zero-order chi connectivity index (χ0) is 14.5. The molecular formula is C12H17ClFNO3S. The predicted octanol–water partition coefficient (Wildman–Crippen LogP) is 2.23. The Labute approximate surface area is 117 Å². The molecule has 4 nitrogen and oxygen atoms in total. The van der Waals surface area contributed by atoms with Crippen LogP contribution in [0.25, 0.3) is 0 Å². The highest BCUT2D eigenvalue weighted by atomic mass is 35.5. The largest absolute Gasteiger partial charge is 0.387 e. The van der Waals surface area contributed by atoms with Crippen LogP contribution in [-0.4, -0.2) is 25.8 Å². The van der Waals surface area contributed by atoms with Crippen LogP contribution in [0.5, 0.6) is 0 Å². The first-order valence-corrected chi connectivity index (χ1v) is 7.99. The van der Waals surface area contributed by atoms with E-state index in [0.717, 1.165) is 12.5 Å². The third-order valence-electron chi connectivity index (χ3n) is 2.59. The van der Waals surface area contributed by atoms with Crippen molar-refractivity contribution in [3.8, 4) is 0 Å². The summed E-state index contributed by atoms with van der Waals surface area (Å²) < 4.78 is 38.5. The van der Waals surface area contributed by atoms with Crippen LogP contribution >= 0.6 is 11.6 Å². The second-order valence-corrected chi connectivity index (χ2v) is 6.54. The van der Waals surface area contributed by atoms with Gasteiger partial charge in [-0.1, -0.05) is 31.0 Å². The second-order valence-electron chi connectivity index (χ2n) is 4.21. The molecular weight excluding hydrogens is 293 g/mol. The van der Waals surface area contributed by atoms with Gasteiger partial charge >= 0.3 is 0 Å². The van der Waals surface area contributed by atoms with Crippen molar-refractivity contribution >= 4 is 21.6 Å². The van der Waals surface area contributed by atoms with Gasteiger partial charge in [0, 0.05) is 6.54 Å². The molecule has 0 aliphatic rings. The van der Waals surface area contributed by atoms with Gasteiger partial charge in [0.15, 0.2) is 0 Å². The van der Waals surface area contributed by atoms with Gasteiger partial charge in [-0.25, -0.2) is 17.5 Å². The van der Waals surface area contributed by atoms with E-state index in [4.69, 9.17) is 11.6 Å². The Hall–Kier alpha value is -0.690. The quantitative estimate of drug-likeness (QED) is 0.811. The molecule has 0 fully saturated rings. The average molecular weight is 310 g/mol. The van der Waals surface area contributed by atoms with Crippen molar-refractivity contribution in [2.24, 2.45) is 0 Å². The molecule has 0 saturated heterocycles. The van der Waals surface area contributed by atoms with E-state index in [0.29, 0.717) is 6.42 Å². The molecule has 1 aromatic rings. The number of aliphatic hydroxyl groups is 1. The molecule has 0 spiro atoms. The van der Waals surface area contributed by atoms with Gasteiger partial charge in [0.25, 0.3) is 0 Å². The molecule has 0 bridgehead atoms. The molecule has 0 aliphatic carbocycles. The van der Waals surface area contributed by atoms with Gasteiger partial charge in [-0.2, -0.15) is 0 Å². The van der Waals surface area contributed by atoms with Gasteiger partial charge in [-0.05, 0) is 24.1 Å². The molecule has 2 N–H and O–H groups in total. The van der Waals surface area contributed by atoms with E-state index in [-0.39, 0.29) is 22.9 Å². The van der Waals surface area contributed by atoms with Crippen molar-refractivity contribution in [1.29, 1.82) is 0 Å². The van der Waals surface area contributed by atoms with E-state index in [1.54, 1.807) is 0 Å². The molecule has 108 valence electrons. The van der Waals surface area contributed by atoms with Gasteiger partial charge in [0.05, 0.1) is 16.9 Å². The maximum Gasteiger partial charge on any atom is 0.211 e. The molecule has 1 aromatic carbocycles. The highest BCUT2D eigenvalue weighted by Crippen LogP contribution is 2.20. The summed E-state index contributed by atoms with van der Waals surface area (Å²) in [5.41, 5.74) is 0.278. The SMILES string of the molecule is CCCCS(=O)(=O)NCC(O)c1ccc(Cl)c(F)c1. The lowest BCUT2D eigenvalue weighted by Gasteiger charge is -2.13. The van der Waals surface area contributed by atoms with E-state index < -0.39 is 21.9 Å². The number of hydrogen-bond donors (Lipinski definition) is 2. The van der Waals surface area contributed by atoms with E-state index in [1.165, 1.54) is 12.1 Å². The Morgan fingerprint density at radius 3 is 2.74 bits per heavy atom. The van der Waals surface area contributed by atoms with Gasteiger partial charge in [-0.15, -0.1) is 0 Å². The number of rotatable bonds is 7. The number of aliphatic hydroxyl groups excluding tert-OH is 1. The van der Waals surface area contributed by atoms with Crippen LogP contribution in [0, 0.1) is 5.82 Å². The highest BCUT2D eigenvalue weighted by molar-refractivity contribution is 7.89. The highest BCUT2D eigenvalue weighted by Gasteiger charge is 2.14. The fraction of sp³-hybridized carbons (Fsp3) is 0.500. The van der Waals surface area contributed by atoms with Crippen molar-refractivity contribution in [2.45, 2.75) is 25.9 Å². The molecule has 0 aromatic heterocycles. The van der Waals surface area contributed by atoms with Crippen LogP contribution in [0.15, 0.2) is 18.2 Å². The van der Waals surface area contributed by atoms with Crippen molar-refractivity contribution in [2.75, 3.05) is 12.3 Å². The third-order valence-corrected chi connectivity index (χ3v) is 4.33. The molecule has 0 radical (unpaired) electrons. The Bertz CT molecular complexity index is 522.